The Morgan fingerprint density at radius 3 is 2.38 bits per heavy atom. The van der Waals surface area contributed by atoms with Crippen LogP contribution in [0.1, 0.15) is 23.2 Å². The SMILES string of the molecule is C=CCOC(=O)c1cc(NC(=O)C2CC(CC(=O)S)CN2C(=O)OCC=C)cc(S(C)(=O)=O)c1. The van der Waals surface area contributed by atoms with Crippen LogP contribution in [-0.4, -0.2) is 68.5 Å². The van der Waals surface area contributed by atoms with Crippen LogP contribution in [0.3, 0.4) is 0 Å². The smallest absolute Gasteiger partial charge is 0.410 e. The van der Waals surface area contributed by atoms with E-state index in [2.05, 4.69) is 31.1 Å². The highest BCUT2D eigenvalue weighted by atomic mass is 32.2. The summed E-state index contributed by atoms with van der Waals surface area (Å²) in [7, 11) is -3.73. The molecule has 1 fully saturated rings. The van der Waals surface area contributed by atoms with E-state index >= 15 is 0 Å². The van der Waals surface area contributed by atoms with Crippen molar-refractivity contribution in [2.24, 2.45) is 5.92 Å². The van der Waals surface area contributed by atoms with Crippen molar-refractivity contribution in [2.75, 3.05) is 31.3 Å². The minimum atomic E-state index is -3.73. The van der Waals surface area contributed by atoms with Gasteiger partial charge in [0.05, 0.1) is 10.5 Å². The Kier molecular flexibility index (Phi) is 9.45. The summed E-state index contributed by atoms with van der Waals surface area (Å²) in [6, 6.07) is 2.61. The third-order valence-electron chi connectivity index (χ3n) is 4.88. The lowest BCUT2D eigenvalue weighted by molar-refractivity contribution is -0.120. The van der Waals surface area contributed by atoms with Crippen LogP contribution in [0.5, 0.6) is 0 Å². The molecule has 2 rings (SSSR count). The molecular weight excluding hydrogens is 484 g/mol. The average molecular weight is 511 g/mol. The van der Waals surface area contributed by atoms with Gasteiger partial charge in [0.25, 0.3) is 0 Å². The van der Waals surface area contributed by atoms with E-state index in [-0.39, 0.29) is 59.8 Å². The normalized spacial score (nSPS) is 17.5. The molecule has 0 aliphatic carbocycles. The lowest BCUT2D eigenvalue weighted by atomic mass is 10.0. The molecule has 0 saturated carbocycles. The van der Waals surface area contributed by atoms with Crippen LogP contribution in [0.4, 0.5) is 10.5 Å². The van der Waals surface area contributed by atoms with Crippen LogP contribution in [0, 0.1) is 5.92 Å². The first kappa shape index (κ1) is 27.1. The number of rotatable bonds is 10. The minimum Gasteiger partial charge on any atom is -0.458 e. The number of nitrogens with one attached hydrogen (secondary N) is 1. The first-order valence-corrected chi connectivity index (χ1v) is 12.5. The van der Waals surface area contributed by atoms with Gasteiger partial charge in [0.1, 0.15) is 19.3 Å². The molecule has 1 heterocycles. The van der Waals surface area contributed by atoms with Gasteiger partial charge in [-0.15, -0.1) is 12.6 Å². The third kappa shape index (κ3) is 7.45. The molecule has 0 spiro atoms. The first-order chi connectivity index (χ1) is 16.0. The summed E-state index contributed by atoms with van der Waals surface area (Å²) in [4.78, 5) is 50.2. The number of carbonyl (C=O) groups excluding carboxylic acids is 4. The largest absolute Gasteiger partial charge is 0.458 e. The highest BCUT2D eigenvalue weighted by Gasteiger charge is 2.41. The third-order valence-corrected chi connectivity index (χ3v) is 6.16. The van der Waals surface area contributed by atoms with Gasteiger partial charge < -0.3 is 14.8 Å². The Morgan fingerprint density at radius 2 is 1.79 bits per heavy atom. The number of amides is 2. The molecular formula is C22H26N2O8S2. The number of ether oxygens (including phenoxy) is 2. The number of esters is 1. The molecule has 184 valence electrons. The molecule has 0 radical (unpaired) electrons. The predicted molar refractivity (Wildman–Crippen MR) is 127 cm³/mol. The number of likely N-dealkylation sites (tertiary alicyclic amines) is 1. The molecule has 1 aromatic carbocycles. The van der Waals surface area contributed by atoms with Crippen molar-refractivity contribution in [3.8, 4) is 0 Å². The van der Waals surface area contributed by atoms with E-state index in [0.29, 0.717) is 0 Å². The Labute approximate surface area is 203 Å². The molecule has 2 unspecified atom stereocenters. The number of nitrogens with zero attached hydrogens (tertiary/aromatic N) is 1. The van der Waals surface area contributed by atoms with Crippen molar-refractivity contribution in [1.29, 1.82) is 0 Å². The minimum absolute atomic E-state index is 0.0200. The van der Waals surface area contributed by atoms with Gasteiger partial charge in [-0.25, -0.2) is 18.0 Å². The lowest BCUT2D eigenvalue weighted by Gasteiger charge is -2.23. The second kappa shape index (κ2) is 11.8. The van der Waals surface area contributed by atoms with Crippen LogP contribution < -0.4 is 5.32 Å². The van der Waals surface area contributed by atoms with E-state index in [0.717, 1.165) is 12.3 Å². The summed E-state index contributed by atoms with van der Waals surface area (Å²) in [5.74, 6) is -1.76. The van der Waals surface area contributed by atoms with E-state index in [1.807, 2.05) is 0 Å². The van der Waals surface area contributed by atoms with Crippen LogP contribution >= 0.6 is 12.6 Å². The Balaban J connectivity index is 2.33. The number of hydrogen-bond donors (Lipinski definition) is 2. The fourth-order valence-corrected chi connectivity index (χ4v) is 4.37. The van der Waals surface area contributed by atoms with E-state index in [9.17, 15) is 27.6 Å². The van der Waals surface area contributed by atoms with Gasteiger partial charge in [-0.2, -0.15) is 0 Å². The zero-order valence-corrected chi connectivity index (χ0v) is 20.3. The maximum atomic E-state index is 13.1. The van der Waals surface area contributed by atoms with E-state index in [1.54, 1.807) is 0 Å². The van der Waals surface area contributed by atoms with Crippen molar-refractivity contribution in [1.82, 2.24) is 4.90 Å². The van der Waals surface area contributed by atoms with Gasteiger partial charge in [-0.05, 0) is 30.5 Å². The number of hydrogen-bond acceptors (Lipinski definition) is 8. The number of anilines is 1. The average Bonchev–Trinajstić information content (AvgIpc) is 3.18. The molecule has 1 aromatic rings. The molecule has 2 amide bonds. The summed E-state index contributed by atoms with van der Waals surface area (Å²) in [5.41, 5.74) is -0.0705. The van der Waals surface area contributed by atoms with Gasteiger partial charge in [0.2, 0.25) is 5.91 Å². The molecule has 1 aliphatic heterocycles. The number of thiol groups is 1. The molecule has 1 N–H and O–H groups in total. The maximum Gasteiger partial charge on any atom is 0.410 e. The fourth-order valence-electron chi connectivity index (χ4n) is 3.43. The Bertz CT molecular complexity index is 1100. The summed E-state index contributed by atoms with van der Waals surface area (Å²) < 4.78 is 34.2. The van der Waals surface area contributed by atoms with Crippen LogP contribution in [0.25, 0.3) is 0 Å². The standard InChI is InChI=1S/C22H26N2O8S2/c1-4-6-31-21(27)15-10-16(12-17(11-15)34(3,29)30)23-20(26)18-8-14(9-19(25)33)13-24(18)22(28)32-7-5-2/h4-5,10-12,14,18H,1-2,6-9,13H2,3H3,(H,23,26)(H,25,33). The maximum absolute atomic E-state index is 13.1. The zero-order valence-electron chi connectivity index (χ0n) is 18.6. The fraction of sp³-hybridized carbons (Fsp3) is 0.364. The van der Waals surface area contributed by atoms with Crippen LogP contribution in [-0.2, 0) is 28.9 Å². The molecule has 34 heavy (non-hydrogen) atoms. The second-order valence-corrected chi connectivity index (χ2v) is 10.1. The monoisotopic (exact) mass is 510 g/mol. The molecule has 0 aromatic heterocycles. The van der Waals surface area contributed by atoms with Crippen molar-refractivity contribution in [3.05, 3.63) is 49.1 Å². The molecule has 0 bridgehead atoms. The summed E-state index contributed by atoms with van der Waals surface area (Å²) in [6.45, 7) is 6.87. The van der Waals surface area contributed by atoms with Crippen molar-refractivity contribution in [2.45, 2.75) is 23.8 Å². The van der Waals surface area contributed by atoms with E-state index in [4.69, 9.17) is 9.47 Å². The molecule has 1 saturated heterocycles. The Hall–Kier alpha value is -3.12. The number of benzene rings is 1. The van der Waals surface area contributed by atoms with Gasteiger partial charge in [0, 0.05) is 24.9 Å². The van der Waals surface area contributed by atoms with Gasteiger partial charge in [0.15, 0.2) is 15.0 Å². The molecule has 2 atom stereocenters. The van der Waals surface area contributed by atoms with Gasteiger partial charge >= 0.3 is 12.1 Å². The van der Waals surface area contributed by atoms with Crippen molar-refractivity contribution >= 4 is 51.2 Å². The topological polar surface area (TPSA) is 136 Å². The van der Waals surface area contributed by atoms with Gasteiger partial charge in [-0.1, -0.05) is 25.3 Å². The van der Waals surface area contributed by atoms with Crippen molar-refractivity contribution < 1.29 is 37.1 Å². The highest BCUT2D eigenvalue weighted by Crippen LogP contribution is 2.29. The molecule has 12 heteroatoms. The summed E-state index contributed by atoms with van der Waals surface area (Å²) >= 11 is 3.77. The van der Waals surface area contributed by atoms with Crippen molar-refractivity contribution in [3.63, 3.8) is 0 Å². The van der Waals surface area contributed by atoms with E-state index < -0.39 is 33.8 Å². The summed E-state index contributed by atoms with van der Waals surface area (Å²) in [5, 5.41) is 2.18. The quantitative estimate of drug-likeness (QED) is 0.278. The van der Waals surface area contributed by atoms with E-state index in [1.165, 1.54) is 29.2 Å². The lowest BCUT2D eigenvalue weighted by Crippen LogP contribution is -2.43. The summed E-state index contributed by atoms with van der Waals surface area (Å²) in [6.07, 6.45) is 3.16. The number of carbonyl (C=O) groups is 4. The predicted octanol–water partition coefficient (Wildman–Crippen LogP) is 2.23. The Morgan fingerprint density at radius 1 is 1.15 bits per heavy atom. The second-order valence-electron chi connectivity index (χ2n) is 7.63. The van der Waals surface area contributed by atoms with Crippen LogP contribution in [0.2, 0.25) is 0 Å². The highest BCUT2D eigenvalue weighted by molar-refractivity contribution is 7.96. The zero-order chi connectivity index (χ0) is 25.5. The molecule has 1 aliphatic rings. The van der Waals surface area contributed by atoms with Gasteiger partial charge in [-0.3, -0.25) is 14.5 Å². The van der Waals surface area contributed by atoms with Crippen LogP contribution in [0.15, 0.2) is 48.4 Å². The number of sulfone groups is 1. The molecule has 10 nitrogen and oxygen atoms in total. The first-order valence-electron chi connectivity index (χ1n) is 10.2.